The molecule has 0 saturated heterocycles. The number of carboxylic acid groups (broad SMARTS) is 2. The number of carboxylic acids is 2. The zero-order valence-corrected chi connectivity index (χ0v) is 68.7. The molecule has 4 aromatic carbocycles. The van der Waals surface area contributed by atoms with Crippen molar-refractivity contribution >= 4 is 130 Å². The summed E-state index contributed by atoms with van der Waals surface area (Å²) < 4.78 is 44.8. The van der Waals surface area contributed by atoms with Crippen LogP contribution in [-0.2, 0) is 53.4 Å². The fourth-order valence-electron chi connectivity index (χ4n) is 10.9. The van der Waals surface area contributed by atoms with Gasteiger partial charge in [0.05, 0.1) is 117 Å². The number of carbonyl (C=O) groups is 4. The number of hydrogen-bond acceptors (Lipinski definition) is 34. The molecule has 0 aliphatic heterocycles. The molecule has 0 spiro atoms. The summed E-state index contributed by atoms with van der Waals surface area (Å²) in [7, 11) is 2.91. The largest absolute Gasteiger partial charge is 0.478 e. The summed E-state index contributed by atoms with van der Waals surface area (Å²) >= 11 is 0. The number of benzene rings is 4. The van der Waals surface area contributed by atoms with Crippen LogP contribution in [-0.4, -0.2) is 187 Å². The van der Waals surface area contributed by atoms with Crippen LogP contribution in [0.2, 0.25) is 0 Å². The van der Waals surface area contributed by atoms with Crippen molar-refractivity contribution in [3.63, 3.8) is 0 Å². The lowest BCUT2D eigenvalue weighted by atomic mass is 10.2. The lowest BCUT2D eigenvalue weighted by Crippen LogP contribution is -2.26. The van der Waals surface area contributed by atoms with Gasteiger partial charge in [0.2, 0.25) is 23.8 Å². The van der Waals surface area contributed by atoms with Crippen molar-refractivity contribution in [1.82, 2.24) is 90.4 Å². The predicted molar refractivity (Wildman–Crippen MR) is 449 cm³/mol. The number of H-pyrrole nitrogens is 4. The van der Waals surface area contributed by atoms with Gasteiger partial charge in [0.1, 0.15) is 6.29 Å². The Balaban J connectivity index is 0.000000189. The number of amides is 2. The Labute approximate surface area is 679 Å². The Hall–Kier alpha value is -13.7. The first kappa shape index (κ1) is 90.9. The van der Waals surface area contributed by atoms with Crippen LogP contribution in [0.5, 0.6) is 0 Å². The summed E-state index contributed by atoms with van der Waals surface area (Å²) in [5, 5.41) is 23.0. The molecule has 119 heavy (non-hydrogen) atoms. The maximum Gasteiger partial charge on any atom is 0.349 e. The minimum atomic E-state index is -3.37. The van der Waals surface area contributed by atoms with Crippen LogP contribution in [0, 0.1) is 0 Å². The van der Waals surface area contributed by atoms with Gasteiger partial charge in [-0.15, -0.1) is 0 Å². The van der Waals surface area contributed by atoms with E-state index in [2.05, 4.69) is 90.4 Å². The van der Waals surface area contributed by atoms with Crippen molar-refractivity contribution in [2.45, 2.75) is 86.2 Å². The highest BCUT2D eigenvalue weighted by molar-refractivity contribution is 7.55. The van der Waals surface area contributed by atoms with Crippen molar-refractivity contribution in [3.8, 4) is 0 Å². The van der Waals surface area contributed by atoms with Crippen molar-refractivity contribution < 1.29 is 56.6 Å². The summed E-state index contributed by atoms with van der Waals surface area (Å²) in [4.78, 5) is 160. The number of aromatic nitrogens is 16. The molecule has 2 amide bonds. The number of nitrogens with zero attached hydrogens (tertiary/aromatic N) is 16. The molecule has 0 unspecified atom stereocenters. The third-order valence-electron chi connectivity index (χ3n) is 16.7. The first-order chi connectivity index (χ1) is 56.8. The van der Waals surface area contributed by atoms with E-state index in [-0.39, 0.29) is 111 Å². The van der Waals surface area contributed by atoms with E-state index >= 15 is 0 Å². The third kappa shape index (κ3) is 25.4. The number of aromatic carboxylic acids is 2. The van der Waals surface area contributed by atoms with Crippen LogP contribution in [0.15, 0.2) is 141 Å². The number of nitrogen functional groups attached to an aromatic ring is 4. The van der Waals surface area contributed by atoms with Gasteiger partial charge in [-0.25, -0.2) is 49.5 Å². The van der Waals surface area contributed by atoms with Gasteiger partial charge in [-0.1, -0.05) is 13.8 Å². The molecule has 1 aliphatic rings. The second-order valence-corrected chi connectivity index (χ2v) is 29.8. The SMILES string of the molecule is CC.CCOP(=O)(CNC(=O)c1ccc(N(C)Cc2cnc3nc(N)[nH]c(=O)c3n2)cc1)OCC.CCOP(=O)(OCC)C1CC1.CN(Cc1cnc2nc(N)[nH]c(=O)c2n1)c1ccc(C(=O)O)cc1.CN(Cc1cnc2nc(N)[nH]c(=O)c2n1)c1ccc(C(=O)O)cc1.CNC(=O)c1ccc(N(C)Cc2cnc3nc(N)[nH]c(=O)c3n2)cc1. The van der Waals surface area contributed by atoms with Gasteiger partial charge in [0.25, 0.3) is 34.1 Å². The summed E-state index contributed by atoms with van der Waals surface area (Å²) in [6, 6.07) is 26.9. The topological polar surface area (TPSA) is 607 Å². The second kappa shape index (κ2) is 42.3. The Morgan fingerprint density at radius 2 is 0.672 bits per heavy atom. The van der Waals surface area contributed by atoms with E-state index < -0.39 is 55.3 Å². The van der Waals surface area contributed by atoms with E-state index in [0.717, 1.165) is 35.6 Å². The van der Waals surface area contributed by atoms with Crippen LogP contribution in [0.1, 0.15) is 119 Å². The van der Waals surface area contributed by atoms with Gasteiger partial charge in [-0.3, -0.25) is 57.8 Å². The Bertz CT molecular complexity index is 5710. The highest BCUT2D eigenvalue weighted by Gasteiger charge is 2.43. The van der Waals surface area contributed by atoms with Gasteiger partial charge < -0.3 is 81.5 Å². The fraction of sp³-hybridized carbons (Fsp3) is 0.307. The Morgan fingerprint density at radius 1 is 0.420 bits per heavy atom. The van der Waals surface area contributed by atoms with Gasteiger partial charge in [0.15, 0.2) is 44.7 Å². The molecule has 8 heterocycles. The Morgan fingerprint density at radius 3 is 0.908 bits per heavy atom. The average molecular weight is 1680 g/mol. The van der Waals surface area contributed by atoms with E-state index in [0.29, 0.717) is 73.3 Å². The average Bonchev–Trinajstić information content (AvgIpc) is 1.81. The molecule has 13 rings (SSSR count). The second-order valence-electron chi connectivity index (χ2n) is 25.5. The molecule has 1 aliphatic carbocycles. The molecule has 12 aromatic rings. The molecule has 1 saturated carbocycles. The molecule has 42 nitrogen and oxygen atoms in total. The number of nitrogens with two attached hydrogens (primary N) is 4. The first-order valence-corrected chi connectivity index (χ1v) is 40.2. The number of aromatic amines is 4. The number of nitrogens with one attached hydrogen (secondary N) is 6. The number of fused-ring (bicyclic) bond motifs is 4. The minimum Gasteiger partial charge on any atom is -0.478 e. The Kier molecular flexibility index (Phi) is 32.3. The van der Waals surface area contributed by atoms with Gasteiger partial charge >= 0.3 is 27.1 Å². The number of rotatable bonds is 27. The zero-order chi connectivity index (χ0) is 86.8. The number of anilines is 8. The molecule has 0 radical (unpaired) electrons. The zero-order valence-electron chi connectivity index (χ0n) is 66.9. The summed E-state index contributed by atoms with van der Waals surface area (Å²) in [5.74, 6) is -2.51. The van der Waals surface area contributed by atoms with E-state index in [4.69, 9.17) is 51.2 Å². The van der Waals surface area contributed by atoms with Crippen LogP contribution < -0.4 is 75.4 Å². The fourth-order valence-corrected chi connectivity index (χ4v) is 14.3. The molecule has 8 aromatic heterocycles. The molecule has 16 N–H and O–H groups in total. The van der Waals surface area contributed by atoms with Crippen molar-refractivity contribution in [3.05, 3.63) is 208 Å². The quantitative estimate of drug-likeness (QED) is 0.0233. The first-order valence-electron chi connectivity index (χ1n) is 36.9. The van der Waals surface area contributed by atoms with Gasteiger partial charge in [0, 0.05) is 69.1 Å². The lowest BCUT2D eigenvalue weighted by Gasteiger charge is -2.19. The normalized spacial score (nSPS) is 11.5. The smallest absolute Gasteiger partial charge is 0.349 e. The molecule has 0 atom stereocenters. The van der Waals surface area contributed by atoms with Crippen LogP contribution >= 0.6 is 15.2 Å². The third-order valence-corrected chi connectivity index (χ3v) is 21.2. The van der Waals surface area contributed by atoms with Crippen molar-refractivity contribution in [2.24, 2.45) is 0 Å². The van der Waals surface area contributed by atoms with E-state index in [1.54, 1.807) is 87.8 Å². The molecular weight excluding hydrogens is 1580 g/mol. The predicted octanol–water partition coefficient (Wildman–Crippen LogP) is 6.88. The standard InChI is InChI=1S/C20H26N7O5P.C16H17N7O2.2C15H14N6O3.C7H15O3P.C2H6/c1-4-31-33(30,32-5-2)12-23-18(28)13-6-8-15(9-7-13)27(3)11-14-10-22-17-16(24-14)19(29)26-20(21)25-17;1-18-14(24)9-3-5-11(6-4-9)23(2)8-10-7-19-13-12(20-10)15(25)22-16(17)21-13;2*1-21(10-4-2-8(3-5-10)14(23)24)7-9-6-17-12-11(18-9)13(22)20-15(16)19-12;1-3-9-11(8,10-4-2)7-5-6-7;1-2/h6-10H,4-5,11-12H2,1-3H3,(H,23,28)(H3,21,22,25,26,29);3-7H,8H2,1-2H3,(H,18,24)(H3,17,19,21,22,25);2*2-6H,7H2,1H3,(H,23,24)(H3,16,17,19,20,22);7H,3-6H2,1-2H3;1-2H3. The molecule has 1 fully saturated rings. The molecule has 0 bridgehead atoms. The number of hydrogen-bond donors (Lipinski definition) is 12. The van der Waals surface area contributed by atoms with Crippen LogP contribution in [0.25, 0.3) is 44.7 Å². The minimum absolute atomic E-state index is 0.00729. The van der Waals surface area contributed by atoms with Crippen LogP contribution in [0.4, 0.5) is 46.5 Å². The number of carbonyl (C=O) groups excluding carboxylic acids is 2. The van der Waals surface area contributed by atoms with E-state index in [1.807, 2.05) is 87.6 Å². The van der Waals surface area contributed by atoms with Gasteiger partial charge in [-0.05, 0) is 138 Å². The maximum absolute atomic E-state index is 12.5. The maximum atomic E-state index is 12.5. The summed E-state index contributed by atoms with van der Waals surface area (Å²) in [6.07, 6.45) is 7.92. The highest BCUT2D eigenvalue weighted by Crippen LogP contribution is 2.62. The van der Waals surface area contributed by atoms with E-state index in [1.165, 1.54) is 42.9 Å². The van der Waals surface area contributed by atoms with Crippen molar-refractivity contribution in [2.75, 3.05) is 110 Å². The highest BCUT2D eigenvalue weighted by atomic mass is 31.2. The monoisotopic (exact) mass is 1670 g/mol. The van der Waals surface area contributed by atoms with Crippen LogP contribution in [0.3, 0.4) is 0 Å². The summed E-state index contributed by atoms with van der Waals surface area (Å²) in [6.45, 7) is 14.1. The lowest BCUT2D eigenvalue weighted by molar-refractivity contribution is 0.0686. The van der Waals surface area contributed by atoms with Crippen molar-refractivity contribution in [1.29, 1.82) is 0 Å². The molecular formula is C75H92N26O16P2. The molecule has 628 valence electrons. The van der Waals surface area contributed by atoms with E-state index in [9.17, 15) is 47.5 Å². The molecule has 44 heteroatoms. The van der Waals surface area contributed by atoms with Gasteiger partial charge in [-0.2, -0.15) is 19.9 Å². The summed E-state index contributed by atoms with van der Waals surface area (Å²) in [5.41, 5.74) is 28.7.